The van der Waals surface area contributed by atoms with Crippen molar-refractivity contribution in [3.05, 3.63) is 81.4 Å². The maximum Gasteiger partial charge on any atom is 0.350 e. The summed E-state index contributed by atoms with van der Waals surface area (Å²) in [6, 6.07) is 13.4. The van der Waals surface area contributed by atoms with Gasteiger partial charge in [-0.05, 0) is 48.9 Å². The second-order valence-corrected chi connectivity index (χ2v) is 11.5. The third-order valence-electron chi connectivity index (χ3n) is 6.57. The fraction of sp³-hybridized carbons (Fsp3) is 0.355. The molecular formula is C31H34N2O6S. The van der Waals surface area contributed by atoms with E-state index < -0.39 is 23.7 Å². The predicted molar refractivity (Wildman–Crippen MR) is 155 cm³/mol. The van der Waals surface area contributed by atoms with Crippen LogP contribution in [-0.2, 0) is 19.7 Å². The Balaban J connectivity index is 1.89. The average Bonchev–Trinajstić information content (AvgIpc) is 3.43. The lowest BCUT2D eigenvalue weighted by atomic mass is 9.85. The largest absolute Gasteiger partial charge is 0.507 e. The number of hydrogen-bond acceptors (Lipinski definition) is 8. The second-order valence-electron chi connectivity index (χ2n) is 10.5. The highest BCUT2D eigenvalue weighted by Gasteiger charge is 2.48. The Morgan fingerprint density at radius 2 is 1.80 bits per heavy atom. The van der Waals surface area contributed by atoms with E-state index in [1.54, 1.807) is 38.1 Å². The number of amides is 1. The molecule has 2 aromatic carbocycles. The third-order valence-corrected chi connectivity index (χ3v) is 7.71. The summed E-state index contributed by atoms with van der Waals surface area (Å²) >= 11 is 0.981. The van der Waals surface area contributed by atoms with Crippen molar-refractivity contribution in [3.8, 4) is 5.75 Å². The molecule has 3 aromatic rings. The quantitative estimate of drug-likeness (QED) is 0.148. The van der Waals surface area contributed by atoms with Crippen LogP contribution in [0.4, 0.5) is 5.13 Å². The van der Waals surface area contributed by atoms with Gasteiger partial charge in [-0.2, -0.15) is 0 Å². The number of esters is 1. The SMILES string of the molecule is CCCOc1cccc(/C(O)=C2\C(=O)C(=O)N(c3nc(C)c(C(=O)OCC)s3)C2c2ccc(C(C)(C)C)cc2)c1. The first-order valence-electron chi connectivity index (χ1n) is 13.3. The van der Waals surface area contributed by atoms with Crippen molar-refractivity contribution in [2.75, 3.05) is 18.1 Å². The molecule has 1 atom stereocenters. The zero-order valence-electron chi connectivity index (χ0n) is 23.6. The Bertz CT molecular complexity index is 1470. The number of nitrogens with zero attached hydrogens (tertiary/aromatic N) is 2. The summed E-state index contributed by atoms with van der Waals surface area (Å²) in [6.45, 7) is 12.3. The fourth-order valence-electron chi connectivity index (χ4n) is 4.49. The van der Waals surface area contributed by atoms with Gasteiger partial charge in [-0.1, -0.05) is 75.4 Å². The number of hydrogen-bond donors (Lipinski definition) is 1. The maximum absolute atomic E-state index is 13.5. The smallest absolute Gasteiger partial charge is 0.350 e. The number of anilines is 1. The number of aryl methyl sites for hydroxylation is 1. The van der Waals surface area contributed by atoms with Gasteiger partial charge in [-0.3, -0.25) is 14.5 Å². The molecule has 1 saturated heterocycles. The number of thiazole rings is 1. The number of rotatable bonds is 8. The van der Waals surface area contributed by atoms with Crippen LogP contribution in [0.2, 0.25) is 0 Å². The van der Waals surface area contributed by atoms with Gasteiger partial charge in [0, 0.05) is 5.56 Å². The van der Waals surface area contributed by atoms with E-state index in [1.165, 1.54) is 4.90 Å². The molecule has 1 N–H and O–H groups in total. The molecular weight excluding hydrogens is 528 g/mol. The molecule has 8 nitrogen and oxygen atoms in total. The van der Waals surface area contributed by atoms with Crippen molar-refractivity contribution in [2.45, 2.75) is 59.4 Å². The highest BCUT2D eigenvalue weighted by Crippen LogP contribution is 2.44. The average molecular weight is 563 g/mol. The minimum absolute atomic E-state index is 0.0633. The fourth-order valence-corrected chi connectivity index (χ4v) is 5.48. The van der Waals surface area contributed by atoms with Gasteiger partial charge in [0.2, 0.25) is 0 Å². The van der Waals surface area contributed by atoms with Crippen LogP contribution < -0.4 is 9.64 Å². The molecule has 1 aliphatic rings. The molecule has 0 aliphatic carbocycles. The van der Waals surface area contributed by atoms with Crippen LogP contribution >= 0.6 is 11.3 Å². The molecule has 0 radical (unpaired) electrons. The molecule has 0 bridgehead atoms. The molecule has 1 aliphatic heterocycles. The Morgan fingerprint density at radius 3 is 2.42 bits per heavy atom. The maximum atomic E-state index is 13.5. The number of ether oxygens (including phenoxy) is 2. The number of carbonyl (C=O) groups is 3. The van der Waals surface area contributed by atoms with Crippen LogP contribution in [0.3, 0.4) is 0 Å². The van der Waals surface area contributed by atoms with Crippen molar-refractivity contribution in [1.29, 1.82) is 0 Å². The second kappa shape index (κ2) is 11.6. The summed E-state index contributed by atoms with van der Waals surface area (Å²) in [5.41, 5.74) is 2.27. The minimum Gasteiger partial charge on any atom is -0.507 e. The Morgan fingerprint density at radius 1 is 1.10 bits per heavy atom. The number of ketones is 1. The van der Waals surface area contributed by atoms with Crippen LogP contribution in [-0.4, -0.2) is 41.0 Å². The number of benzene rings is 2. The van der Waals surface area contributed by atoms with Crippen molar-refractivity contribution < 1.29 is 29.0 Å². The van der Waals surface area contributed by atoms with Crippen molar-refractivity contribution in [3.63, 3.8) is 0 Å². The predicted octanol–water partition coefficient (Wildman–Crippen LogP) is 6.34. The van der Waals surface area contributed by atoms with E-state index in [9.17, 15) is 19.5 Å². The summed E-state index contributed by atoms with van der Waals surface area (Å²) in [5.74, 6) is -2.00. The molecule has 1 unspecified atom stereocenters. The normalized spacial score (nSPS) is 16.9. The first-order chi connectivity index (χ1) is 19.0. The zero-order chi connectivity index (χ0) is 29.2. The van der Waals surface area contributed by atoms with Gasteiger partial charge < -0.3 is 14.6 Å². The molecule has 4 rings (SSSR count). The Kier molecular flexibility index (Phi) is 8.44. The van der Waals surface area contributed by atoms with Gasteiger partial charge in [0.25, 0.3) is 5.78 Å². The molecule has 210 valence electrons. The summed E-state index contributed by atoms with van der Waals surface area (Å²) in [5, 5.41) is 11.7. The van der Waals surface area contributed by atoms with E-state index in [-0.39, 0.29) is 33.4 Å². The van der Waals surface area contributed by atoms with Crippen molar-refractivity contribution >= 4 is 39.9 Å². The summed E-state index contributed by atoms with van der Waals surface area (Å²) in [6.07, 6.45) is 0.812. The molecule has 0 saturated carbocycles. The van der Waals surface area contributed by atoms with Crippen molar-refractivity contribution in [1.82, 2.24) is 4.98 Å². The van der Waals surface area contributed by atoms with Crippen LogP contribution in [0.15, 0.2) is 54.1 Å². The summed E-state index contributed by atoms with van der Waals surface area (Å²) in [4.78, 5) is 45.6. The standard InChI is InChI=1S/C31H34N2O6S/c1-7-16-39-22-11-9-10-20(17-22)25(34)23-24(19-12-14-21(15-13-19)31(4,5)6)33(28(36)26(23)35)30-32-18(3)27(40-30)29(37)38-8-2/h9-15,17,24,34H,7-8,16H2,1-6H3/b25-23+. The number of aliphatic hydroxyl groups excluding tert-OH is 1. The van der Waals surface area contributed by atoms with Gasteiger partial charge in [0.05, 0.1) is 30.5 Å². The molecule has 0 spiro atoms. The lowest BCUT2D eigenvalue weighted by Crippen LogP contribution is -2.29. The molecule has 2 heterocycles. The third kappa shape index (κ3) is 5.65. The molecule has 1 fully saturated rings. The zero-order valence-corrected chi connectivity index (χ0v) is 24.4. The molecule has 1 aromatic heterocycles. The summed E-state index contributed by atoms with van der Waals surface area (Å²) < 4.78 is 10.9. The molecule has 1 amide bonds. The van der Waals surface area contributed by atoms with Crippen LogP contribution in [0.1, 0.15) is 79.1 Å². The van der Waals surface area contributed by atoms with Crippen LogP contribution in [0.5, 0.6) is 5.75 Å². The molecule has 40 heavy (non-hydrogen) atoms. The van der Waals surface area contributed by atoms with E-state index in [1.807, 2.05) is 31.2 Å². The highest BCUT2D eigenvalue weighted by atomic mass is 32.1. The first kappa shape index (κ1) is 29.0. The summed E-state index contributed by atoms with van der Waals surface area (Å²) in [7, 11) is 0. The van der Waals surface area contributed by atoms with E-state index in [0.717, 1.165) is 23.3 Å². The topological polar surface area (TPSA) is 106 Å². The van der Waals surface area contributed by atoms with E-state index in [2.05, 4.69) is 25.8 Å². The lowest BCUT2D eigenvalue weighted by molar-refractivity contribution is -0.132. The van der Waals surface area contributed by atoms with E-state index >= 15 is 0 Å². The van der Waals surface area contributed by atoms with E-state index in [4.69, 9.17) is 9.47 Å². The molecule has 9 heteroatoms. The Hall–Kier alpha value is -3.98. The van der Waals surface area contributed by atoms with Crippen molar-refractivity contribution in [2.24, 2.45) is 0 Å². The van der Waals surface area contributed by atoms with Gasteiger partial charge in [-0.25, -0.2) is 9.78 Å². The van der Waals surface area contributed by atoms with Gasteiger partial charge >= 0.3 is 11.9 Å². The van der Waals surface area contributed by atoms with E-state index in [0.29, 0.717) is 29.2 Å². The number of aromatic nitrogens is 1. The minimum atomic E-state index is -0.963. The number of aliphatic hydroxyl groups is 1. The monoisotopic (exact) mass is 562 g/mol. The van der Waals surface area contributed by atoms with Gasteiger partial charge in [0.15, 0.2) is 5.13 Å². The van der Waals surface area contributed by atoms with Gasteiger partial charge in [0.1, 0.15) is 16.4 Å². The van der Waals surface area contributed by atoms with Crippen LogP contribution in [0.25, 0.3) is 5.76 Å². The lowest BCUT2D eigenvalue weighted by Gasteiger charge is -2.25. The van der Waals surface area contributed by atoms with Crippen LogP contribution in [0, 0.1) is 6.92 Å². The van der Waals surface area contributed by atoms with Gasteiger partial charge in [-0.15, -0.1) is 0 Å². The number of carbonyl (C=O) groups excluding carboxylic acids is 3. The highest BCUT2D eigenvalue weighted by molar-refractivity contribution is 7.17. The Labute approximate surface area is 238 Å². The first-order valence-corrected chi connectivity index (χ1v) is 14.1. The number of Topliss-reactive ketones (excluding diaryl/α,β-unsaturated/α-hetero) is 1.